The molecule has 0 bridgehead atoms. The summed E-state index contributed by atoms with van der Waals surface area (Å²) in [6.07, 6.45) is -0.407. The quantitative estimate of drug-likeness (QED) is 0.407. The van der Waals surface area contributed by atoms with Crippen molar-refractivity contribution in [3.8, 4) is 0 Å². The first-order valence-electron chi connectivity index (χ1n) is 7.52. The lowest BCUT2D eigenvalue weighted by Crippen LogP contribution is -2.21. The second kappa shape index (κ2) is 10.3. The van der Waals surface area contributed by atoms with Gasteiger partial charge in [-0.1, -0.05) is 34.8 Å². The number of aromatic nitrogens is 2. The maximum Gasteiger partial charge on any atom is 0.311 e. The molecule has 0 saturated carbocycles. The van der Waals surface area contributed by atoms with Crippen molar-refractivity contribution in [3.05, 3.63) is 60.0 Å². The molecule has 0 aliphatic carbocycles. The Morgan fingerprint density at radius 1 is 0.964 bits per heavy atom. The molecular weight excluding hydrogens is 441 g/mol. The van der Waals surface area contributed by atoms with E-state index in [2.05, 4.69) is 15.3 Å². The minimum Gasteiger partial charge on any atom is -0.359 e. The largest absolute Gasteiger partial charge is 0.359 e. The molecule has 14 heteroatoms. The van der Waals surface area contributed by atoms with Gasteiger partial charge in [0.1, 0.15) is 10.3 Å². The van der Waals surface area contributed by atoms with Crippen molar-refractivity contribution >= 4 is 52.0 Å². The molecule has 28 heavy (non-hydrogen) atoms. The fourth-order valence-electron chi connectivity index (χ4n) is 1.95. The second-order valence-electron chi connectivity index (χ2n) is 5.01. The van der Waals surface area contributed by atoms with Crippen LogP contribution in [-0.4, -0.2) is 45.9 Å². The summed E-state index contributed by atoms with van der Waals surface area (Å²) in [6.45, 7) is 1.34. The summed E-state index contributed by atoms with van der Waals surface area (Å²) >= 11 is 16.5. The SMILES string of the molecule is O=[N+]([O-])c1ccc(Cl)nc1Cl.O=[N+]([O-])c1ccc(Cl)nc1NCC1OCCO1. The van der Waals surface area contributed by atoms with E-state index in [0.717, 1.165) is 0 Å². The third-order valence-corrected chi connectivity index (χ3v) is 3.85. The highest BCUT2D eigenvalue weighted by atomic mass is 35.5. The maximum absolute atomic E-state index is 10.7. The van der Waals surface area contributed by atoms with Gasteiger partial charge in [-0.3, -0.25) is 20.2 Å². The number of nitrogens with zero attached hydrogens (tertiary/aromatic N) is 4. The molecular formula is C14H12Cl3N5O6. The van der Waals surface area contributed by atoms with E-state index >= 15 is 0 Å². The van der Waals surface area contributed by atoms with Crippen molar-refractivity contribution in [2.24, 2.45) is 0 Å². The summed E-state index contributed by atoms with van der Waals surface area (Å²) in [7, 11) is 0. The molecule has 0 unspecified atom stereocenters. The van der Waals surface area contributed by atoms with E-state index in [1.807, 2.05) is 0 Å². The Morgan fingerprint density at radius 3 is 2.04 bits per heavy atom. The van der Waals surface area contributed by atoms with Crippen LogP contribution in [0.4, 0.5) is 17.2 Å². The van der Waals surface area contributed by atoms with Gasteiger partial charge in [-0.25, -0.2) is 9.97 Å². The molecule has 2 aromatic heterocycles. The van der Waals surface area contributed by atoms with E-state index in [9.17, 15) is 20.2 Å². The summed E-state index contributed by atoms with van der Waals surface area (Å²) in [4.78, 5) is 27.1. The molecule has 0 radical (unpaired) electrons. The Labute approximate surface area is 172 Å². The van der Waals surface area contributed by atoms with Crippen LogP contribution in [0.5, 0.6) is 0 Å². The minimum absolute atomic E-state index is 0.113. The minimum atomic E-state index is -0.619. The fraction of sp³-hybridized carbons (Fsp3) is 0.286. The lowest BCUT2D eigenvalue weighted by molar-refractivity contribution is -0.385. The first-order valence-corrected chi connectivity index (χ1v) is 8.65. The zero-order valence-corrected chi connectivity index (χ0v) is 16.1. The zero-order valence-electron chi connectivity index (χ0n) is 13.9. The molecule has 1 fully saturated rings. The van der Waals surface area contributed by atoms with Crippen molar-refractivity contribution in [2.45, 2.75) is 6.29 Å². The highest BCUT2D eigenvalue weighted by molar-refractivity contribution is 6.33. The molecule has 0 atom stereocenters. The number of anilines is 1. The molecule has 0 aromatic carbocycles. The van der Waals surface area contributed by atoms with Crippen LogP contribution in [0.3, 0.4) is 0 Å². The predicted molar refractivity (Wildman–Crippen MR) is 101 cm³/mol. The standard InChI is InChI=1S/C9H10ClN3O4.C5H2Cl2N2O2/c10-7-2-1-6(13(14)15)9(12-7)11-5-8-16-3-4-17-8;6-4-2-1-3(9(10)11)5(7)8-4/h1-2,8H,3-5H2,(H,11,12);1-2H. The Kier molecular flexibility index (Phi) is 8.08. The first kappa shape index (κ1) is 22.0. The first-order chi connectivity index (χ1) is 13.3. The van der Waals surface area contributed by atoms with Crippen LogP contribution < -0.4 is 5.32 Å². The van der Waals surface area contributed by atoms with Crippen molar-refractivity contribution in [3.63, 3.8) is 0 Å². The Hall–Kier alpha value is -2.31. The summed E-state index contributed by atoms with van der Waals surface area (Å²) in [5, 5.41) is 23.8. The van der Waals surface area contributed by atoms with Gasteiger partial charge in [0.25, 0.3) is 0 Å². The molecule has 1 saturated heterocycles. The summed E-state index contributed by atoms with van der Waals surface area (Å²) < 4.78 is 10.4. The Balaban J connectivity index is 0.000000221. The number of nitrogens with one attached hydrogen (secondary N) is 1. The van der Waals surface area contributed by atoms with Crippen molar-refractivity contribution in [1.29, 1.82) is 0 Å². The van der Waals surface area contributed by atoms with Crippen molar-refractivity contribution < 1.29 is 19.3 Å². The average molecular weight is 453 g/mol. The van der Waals surface area contributed by atoms with Crippen LogP contribution >= 0.6 is 34.8 Å². The third-order valence-electron chi connectivity index (χ3n) is 3.16. The second-order valence-corrected chi connectivity index (χ2v) is 6.14. The molecule has 1 aliphatic heterocycles. The van der Waals surface area contributed by atoms with E-state index in [0.29, 0.717) is 13.2 Å². The highest BCUT2D eigenvalue weighted by Crippen LogP contribution is 2.24. The van der Waals surface area contributed by atoms with E-state index < -0.39 is 16.1 Å². The van der Waals surface area contributed by atoms with Gasteiger partial charge in [-0.05, 0) is 12.1 Å². The molecule has 1 aliphatic rings. The zero-order chi connectivity index (χ0) is 20.7. The van der Waals surface area contributed by atoms with Crippen LogP contribution in [0.2, 0.25) is 15.5 Å². The summed E-state index contributed by atoms with van der Waals surface area (Å²) in [5.41, 5.74) is -0.372. The monoisotopic (exact) mass is 451 g/mol. The van der Waals surface area contributed by atoms with Crippen LogP contribution in [-0.2, 0) is 9.47 Å². The molecule has 0 amide bonds. The van der Waals surface area contributed by atoms with Gasteiger partial charge in [0, 0.05) is 12.1 Å². The molecule has 3 rings (SSSR count). The molecule has 1 N–H and O–H groups in total. The summed E-state index contributed by atoms with van der Waals surface area (Å²) in [5.74, 6) is 0.113. The van der Waals surface area contributed by atoms with Gasteiger partial charge >= 0.3 is 11.4 Å². The van der Waals surface area contributed by atoms with Crippen LogP contribution in [0.1, 0.15) is 0 Å². The fourth-order valence-corrected chi connectivity index (χ4v) is 2.51. The number of hydrogen-bond acceptors (Lipinski definition) is 9. The number of ether oxygens (including phenoxy) is 2. The van der Waals surface area contributed by atoms with Gasteiger partial charge in [-0.2, -0.15) is 0 Å². The van der Waals surface area contributed by atoms with Gasteiger partial charge in [0.2, 0.25) is 11.0 Å². The van der Waals surface area contributed by atoms with Crippen LogP contribution in [0.15, 0.2) is 24.3 Å². The number of pyridine rings is 2. The molecule has 3 heterocycles. The van der Waals surface area contributed by atoms with Crippen LogP contribution in [0.25, 0.3) is 0 Å². The van der Waals surface area contributed by atoms with Gasteiger partial charge in [-0.15, -0.1) is 0 Å². The van der Waals surface area contributed by atoms with Gasteiger partial charge in [0.15, 0.2) is 6.29 Å². The molecule has 2 aromatic rings. The average Bonchev–Trinajstić information content (AvgIpc) is 3.13. The number of rotatable bonds is 5. The van der Waals surface area contributed by atoms with Crippen LogP contribution in [0, 0.1) is 20.2 Å². The van der Waals surface area contributed by atoms with Gasteiger partial charge in [0.05, 0.1) is 29.6 Å². The van der Waals surface area contributed by atoms with E-state index in [4.69, 9.17) is 44.3 Å². The maximum atomic E-state index is 10.7. The van der Waals surface area contributed by atoms with E-state index in [1.54, 1.807) is 0 Å². The lowest BCUT2D eigenvalue weighted by atomic mass is 10.4. The van der Waals surface area contributed by atoms with E-state index in [-0.39, 0.29) is 39.2 Å². The van der Waals surface area contributed by atoms with Crippen molar-refractivity contribution in [1.82, 2.24) is 9.97 Å². The normalized spacial score (nSPS) is 13.5. The molecule has 150 valence electrons. The summed E-state index contributed by atoms with van der Waals surface area (Å²) in [6, 6.07) is 5.19. The van der Waals surface area contributed by atoms with Gasteiger partial charge < -0.3 is 14.8 Å². The predicted octanol–water partition coefficient (Wildman–Crippen LogP) is 3.72. The van der Waals surface area contributed by atoms with E-state index in [1.165, 1.54) is 24.3 Å². The smallest absolute Gasteiger partial charge is 0.311 e. The topological polar surface area (TPSA) is 143 Å². The molecule has 0 spiro atoms. The lowest BCUT2D eigenvalue weighted by Gasteiger charge is -2.10. The molecule has 11 nitrogen and oxygen atoms in total. The Bertz CT molecular complexity index is 865. The number of halogens is 3. The Morgan fingerprint density at radius 2 is 1.50 bits per heavy atom. The third kappa shape index (κ3) is 6.39. The number of hydrogen-bond donors (Lipinski definition) is 1. The number of nitro groups is 2. The highest BCUT2D eigenvalue weighted by Gasteiger charge is 2.20. The van der Waals surface area contributed by atoms with Crippen molar-refractivity contribution in [2.75, 3.05) is 25.1 Å².